The third-order valence-electron chi connectivity index (χ3n) is 2.62. The molecule has 0 bridgehead atoms. The summed E-state index contributed by atoms with van der Waals surface area (Å²) in [5, 5.41) is 5.52. The molecule has 0 aliphatic carbocycles. The lowest BCUT2D eigenvalue weighted by molar-refractivity contribution is 0.858. The van der Waals surface area contributed by atoms with Gasteiger partial charge in [-0.2, -0.15) is 5.10 Å². The van der Waals surface area contributed by atoms with Crippen LogP contribution >= 0.6 is 11.8 Å². The van der Waals surface area contributed by atoms with Crippen LogP contribution in [0.5, 0.6) is 0 Å². The van der Waals surface area contributed by atoms with Gasteiger partial charge in [-0.05, 0) is 31.6 Å². The predicted molar refractivity (Wildman–Crippen MR) is 81.5 cm³/mol. The second kappa shape index (κ2) is 6.38. The van der Waals surface area contributed by atoms with Crippen LogP contribution in [-0.2, 0) is 0 Å². The van der Waals surface area contributed by atoms with Crippen molar-refractivity contribution >= 4 is 17.4 Å². The van der Waals surface area contributed by atoms with E-state index in [0.717, 1.165) is 22.1 Å². The van der Waals surface area contributed by atoms with Crippen molar-refractivity contribution in [1.82, 2.24) is 14.6 Å². The average Bonchev–Trinajstić information content (AvgIpc) is 2.78. The van der Waals surface area contributed by atoms with Crippen LogP contribution in [0.15, 0.2) is 59.8 Å². The first-order chi connectivity index (χ1) is 9.22. The summed E-state index contributed by atoms with van der Waals surface area (Å²) in [5.74, 6) is 0.896. The standard InChI is InChI=1S/C15H17N3S/c1-4-6-7-13(5-2)11-19-15-9-8-14-16-12(3)10-18(14)17-15/h4-10H,1,11H2,2-3H3/b7-6-,13-5+. The molecule has 98 valence electrons. The number of aromatic nitrogens is 3. The Labute approximate surface area is 117 Å². The van der Waals surface area contributed by atoms with Crippen molar-refractivity contribution in [2.45, 2.75) is 18.9 Å². The molecule has 2 heterocycles. The monoisotopic (exact) mass is 271 g/mol. The molecule has 4 heteroatoms. The molecule has 0 N–H and O–H groups in total. The topological polar surface area (TPSA) is 30.2 Å². The van der Waals surface area contributed by atoms with E-state index >= 15 is 0 Å². The van der Waals surface area contributed by atoms with Crippen LogP contribution in [0.3, 0.4) is 0 Å². The van der Waals surface area contributed by atoms with Crippen LogP contribution in [0, 0.1) is 6.92 Å². The first kappa shape index (κ1) is 13.6. The van der Waals surface area contributed by atoms with Crippen LogP contribution in [0.25, 0.3) is 5.65 Å². The van der Waals surface area contributed by atoms with Gasteiger partial charge < -0.3 is 0 Å². The van der Waals surface area contributed by atoms with E-state index < -0.39 is 0 Å². The van der Waals surface area contributed by atoms with Gasteiger partial charge in [-0.1, -0.05) is 42.6 Å². The number of imidazole rings is 1. The van der Waals surface area contributed by atoms with Gasteiger partial charge in [-0.25, -0.2) is 9.50 Å². The van der Waals surface area contributed by atoms with Gasteiger partial charge >= 0.3 is 0 Å². The summed E-state index contributed by atoms with van der Waals surface area (Å²) in [6.07, 6.45) is 9.85. The molecule has 0 saturated heterocycles. The highest BCUT2D eigenvalue weighted by Crippen LogP contribution is 2.19. The van der Waals surface area contributed by atoms with Crippen LogP contribution in [0.2, 0.25) is 0 Å². The molecule has 3 nitrogen and oxygen atoms in total. The largest absolute Gasteiger partial charge is 0.232 e. The molecule has 0 fully saturated rings. The first-order valence-corrected chi connectivity index (χ1v) is 7.11. The molecule has 19 heavy (non-hydrogen) atoms. The number of hydrogen-bond acceptors (Lipinski definition) is 3. The van der Waals surface area contributed by atoms with Crippen molar-refractivity contribution in [2.24, 2.45) is 0 Å². The van der Waals surface area contributed by atoms with Gasteiger partial charge in [-0.3, -0.25) is 0 Å². The van der Waals surface area contributed by atoms with Crippen molar-refractivity contribution < 1.29 is 0 Å². The van der Waals surface area contributed by atoms with Gasteiger partial charge in [0.25, 0.3) is 0 Å². The van der Waals surface area contributed by atoms with Crippen molar-refractivity contribution in [3.05, 3.63) is 60.5 Å². The Morgan fingerprint density at radius 3 is 3.05 bits per heavy atom. The predicted octanol–water partition coefficient (Wildman–Crippen LogP) is 3.82. The summed E-state index contributed by atoms with van der Waals surface area (Å²) in [5.41, 5.74) is 3.13. The molecular weight excluding hydrogens is 254 g/mol. The maximum atomic E-state index is 4.53. The highest BCUT2D eigenvalue weighted by Gasteiger charge is 2.02. The molecule has 2 rings (SSSR count). The Morgan fingerprint density at radius 2 is 2.32 bits per heavy atom. The lowest BCUT2D eigenvalue weighted by Crippen LogP contribution is -1.93. The number of fused-ring (bicyclic) bond motifs is 1. The second-order valence-electron chi connectivity index (χ2n) is 4.10. The van der Waals surface area contributed by atoms with Crippen molar-refractivity contribution in [3.8, 4) is 0 Å². The van der Waals surface area contributed by atoms with Crippen molar-refractivity contribution in [2.75, 3.05) is 5.75 Å². The third kappa shape index (κ3) is 3.58. The van der Waals surface area contributed by atoms with E-state index in [9.17, 15) is 0 Å². The van der Waals surface area contributed by atoms with Gasteiger partial charge in [-0.15, -0.1) is 0 Å². The number of hydrogen-bond donors (Lipinski definition) is 0. The summed E-state index contributed by atoms with van der Waals surface area (Å²) in [6, 6.07) is 4.01. The number of thioether (sulfide) groups is 1. The molecule has 2 aromatic heterocycles. The highest BCUT2D eigenvalue weighted by molar-refractivity contribution is 7.99. The lowest BCUT2D eigenvalue weighted by atomic mass is 10.2. The summed E-state index contributed by atoms with van der Waals surface area (Å²) in [6.45, 7) is 7.69. The van der Waals surface area contributed by atoms with Crippen LogP contribution in [0.4, 0.5) is 0 Å². The van der Waals surface area contributed by atoms with Gasteiger partial charge in [0.2, 0.25) is 0 Å². The Kier molecular flexibility index (Phi) is 4.58. The SMILES string of the molecule is C=C/C=C\C(=C/C)CSc1ccc2nc(C)cn2n1. The molecule has 0 amide bonds. The zero-order valence-electron chi connectivity index (χ0n) is 11.2. The summed E-state index contributed by atoms with van der Waals surface area (Å²) in [4.78, 5) is 4.36. The molecule has 0 atom stereocenters. The highest BCUT2D eigenvalue weighted by atomic mass is 32.2. The van der Waals surface area contributed by atoms with E-state index in [4.69, 9.17) is 0 Å². The maximum Gasteiger partial charge on any atom is 0.153 e. The molecule has 0 aliphatic heterocycles. The summed E-state index contributed by atoms with van der Waals surface area (Å²) >= 11 is 1.71. The Balaban J connectivity index is 2.08. The number of nitrogens with zero attached hydrogens (tertiary/aromatic N) is 3. The van der Waals surface area contributed by atoms with E-state index in [1.807, 2.05) is 42.8 Å². The zero-order valence-corrected chi connectivity index (χ0v) is 12.0. The molecule has 0 unspecified atom stereocenters. The third-order valence-corrected chi connectivity index (χ3v) is 3.61. The molecule has 2 aromatic rings. The minimum Gasteiger partial charge on any atom is -0.232 e. The van der Waals surface area contributed by atoms with Gasteiger partial charge in [0.1, 0.15) is 5.03 Å². The number of aryl methyl sites for hydroxylation is 1. The van der Waals surface area contributed by atoms with Gasteiger partial charge in [0, 0.05) is 5.75 Å². The Morgan fingerprint density at radius 1 is 1.47 bits per heavy atom. The van der Waals surface area contributed by atoms with Crippen LogP contribution < -0.4 is 0 Å². The Hall–Kier alpha value is -1.81. The molecule has 0 aliphatic rings. The van der Waals surface area contributed by atoms with E-state index in [0.29, 0.717) is 0 Å². The maximum absolute atomic E-state index is 4.53. The first-order valence-electron chi connectivity index (χ1n) is 6.13. The lowest BCUT2D eigenvalue weighted by Gasteiger charge is -2.02. The molecule has 0 saturated carbocycles. The summed E-state index contributed by atoms with van der Waals surface area (Å²) < 4.78 is 1.83. The van der Waals surface area contributed by atoms with Crippen LogP contribution in [-0.4, -0.2) is 20.4 Å². The quantitative estimate of drug-likeness (QED) is 0.612. The van der Waals surface area contributed by atoms with E-state index in [1.54, 1.807) is 17.8 Å². The normalized spacial score (nSPS) is 12.4. The molecular formula is C15H17N3S. The summed E-state index contributed by atoms with van der Waals surface area (Å²) in [7, 11) is 0. The fourth-order valence-corrected chi connectivity index (χ4v) is 2.52. The zero-order chi connectivity index (χ0) is 13.7. The van der Waals surface area contributed by atoms with Gasteiger partial charge in [0.15, 0.2) is 5.65 Å². The minimum absolute atomic E-state index is 0.889. The number of rotatable bonds is 5. The molecule has 0 spiro atoms. The molecule has 0 radical (unpaired) electrons. The van der Waals surface area contributed by atoms with E-state index in [2.05, 4.69) is 28.8 Å². The fraction of sp³-hybridized carbons (Fsp3) is 0.200. The van der Waals surface area contributed by atoms with E-state index in [1.165, 1.54) is 5.57 Å². The minimum atomic E-state index is 0.889. The van der Waals surface area contributed by atoms with Gasteiger partial charge in [0.05, 0.1) is 11.9 Å². The Bertz CT molecular complexity index is 638. The number of allylic oxidation sites excluding steroid dienone is 4. The van der Waals surface area contributed by atoms with Crippen LogP contribution in [0.1, 0.15) is 12.6 Å². The molecule has 0 aromatic carbocycles. The van der Waals surface area contributed by atoms with E-state index in [-0.39, 0.29) is 0 Å². The fourth-order valence-electron chi connectivity index (χ4n) is 1.64. The smallest absolute Gasteiger partial charge is 0.153 e. The van der Waals surface area contributed by atoms with Crippen molar-refractivity contribution in [3.63, 3.8) is 0 Å². The average molecular weight is 271 g/mol. The second-order valence-corrected chi connectivity index (χ2v) is 5.10. The van der Waals surface area contributed by atoms with Crippen molar-refractivity contribution in [1.29, 1.82) is 0 Å².